The Labute approximate surface area is 721 Å². The molecule has 12 heteroatoms. The third-order valence-electron chi connectivity index (χ3n) is 24.8. The Balaban J connectivity index is 0.591. The molecule has 0 radical (unpaired) electrons. The molecule has 0 fully saturated rings. The topological polar surface area (TPSA) is 147 Å². The molecule has 2 atom stereocenters. The summed E-state index contributed by atoms with van der Waals surface area (Å²) in [6, 6.07) is 142. The fourth-order valence-corrected chi connectivity index (χ4v) is 19.1. The number of nitrogens with zero attached hydrogens (tertiary/aromatic N) is 10. The van der Waals surface area contributed by atoms with Crippen molar-refractivity contribution in [3.05, 3.63) is 457 Å². The van der Waals surface area contributed by atoms with Gasteiger partial charge < -0.3 is 9.47 Å². The van der Waals surface area contributed by atoms with Crippen LogP contribution in [0.5, 0.6) is 23.0 Å². The van der Waals surface area contributed by atoms with E-state index in [9.17, 15) is 0 Å². The molecule has 12 nitrogen and oxygen atoms in total. The maximum absolute atomic E-state index is 7.20. The molecule has 2 unspecified atom stereocenters. The molecule has 24 rings (SSSR count). The standard InChI is InChI=1S/C113H70N10O2/c1-69-50-58-85-93(62-69)113(89-46-23-25-49-100(89)125-102-66-82(57-61-91(102)113)110-119-106(75-34-14-5-15-35-75)118-107(120-110)76-36-16-6-17-37-76)92-47-27-43-86(103(85)92)111-122-108(77-38-18-7-19-39-77)121-109(123-111)81-41-26-40-78(63-81)70-51-53-72(54-52-70)96-68-98(117-105(115-96)74-32-12-4-13-33-74)80-56-60-90-101(65-80)124-99-48-24-22-45-88(99)112(90)87-44-21-20-42-83(87)84-59-55-79(64-94(84)112)97-67-95(71-28-8-2-9-29-71)114-104(116-97)73-30-10-3-11-31-73/h2-68H,1H3. The van der Waals surface area contributed by atoms with Crippen LogP contribution in [0.4, 0.5) is 0 Å². The van der Waals surface area contributed by atoms with E-state index in [1.807, 2.05) is 127 Å². The van der Waals surface area contributed by atoms with E-state index < -0.39 is 10.8 Å². The molecule has 16 aromatic carbocycles. The third-order valence-corrected chi connectivity index (χ3v) is 24.8. The molecule has 20 aromatic rings. The van der Waals surface area contributed by atoms with Gasteiger partial charge in [0, 0.05) is 89.0 Å². The molecule has 584 valence electrons. The number of fused-ring (bicyclic) bond motifs is 18. The molecule has 125 heavy (non-hydrogen) atoms. The number of rotatable bonds is 13. The molecule has 0 N–H and O–H groups in total. The van der Waals surface area contributed by atoms with Crippen LogP contribution >= 0.6 is 0 Å². The number of hydrogen-bond donors (Lipinski definition) is 0. The van der Waals surface area contributed by atoms with E-state index in [0.29, 0.717) is 52.3 Å². The average molecular weight is 1600 g/mol. The molecule has 0 bridgehead atoms. The number of para-hydroxylation sites is 2. The van der Waals surface area contributed by atoms with Gasteiger partial charge in [0.15, 0.2) is 46.6 Å². The van der Waals surface area contributed by atoms with E-state index in [4.69, 9.17) is 59.3 Å². The highest BCUT2D eigenvalue weighted by Gasteiger charge is 2.54. The Morgan fingerprint density at radius 2 is 0.488 bits per heavy atom. The van der Waals surface area contributed by atoms with Crippen molar-refractivity contribution in [2.45, 2.75) is 17.8 Å². The van der Waals surface area contributed by atoms with Crippen LogP contribution in [0.15, 0.2) is 406 Å². The summed E-state index contributed by atoms with van der Waals surface area (Å²) in [5, 5.41) is 0. The van der Waals surface area contributed by atoms with Crippen molar-refractivity contribution in [2.75, 3.05) is 0 Å². The Morgan fingerprint density at radius 1 is 0.168 bits per heavy atom. The van der Waals surface area contributed by atoms with Crippen LogP contribution in [-0.2, 0) is 10.8 Å². The van der Waals surface area contributed by atoms with Gasteiger partial charge in [0.2, 0.25) is 0 Å². The van der Waals surface area contributed by atoms with Gasteiger partial charge in [-0.3, -0.25) is 0 Å². The summed E-state index contributed by atoms with van der Waals surface area (Å²) in [6.45, 7) is 2.17. The van der Waals surface area contributed by atoms with Crippen molar-refractivity contribution in [3.8, 4) is 193 Å². The zero-order valence-electron chi connectivity index (χ0n) is 67.5. The summed E-state index contributed by atoms with van der Waals surface area (Å²) in [7, 11) is 0. The highest BCUT2D eigenvalue weighted by atomic mass is 16.5. The van der Waals surface area contributed by atoms with Gasteiger partial charge in [0.1, 0.15) is 23.0 Å². The first kappa shape index (κ1) is 72.3. The highest BCUT2D eigenvalue weighted by molar-refractivity contribution is 5.97. The summed E-state index contributed by atoms with van der Waals surface area (Å²) in [6.07, 6.45) is 0. The van der Waals surface area contributed by atoms with Crippen LogP contribution in [0.2, 0.25) is 0 Å². The van der Waals surface area contributed by atoms with Crippen LogP contribution in [0.1, 0.15) is 50.1 Å². The molecule has 6 heterocycles. The molecule has 4 aromatic heterocycles. The average Bonchev–Trinajstić information content (AvgIpc) is 1.56. The van der Waals surface area contributed by atoms with Gasteiger partial charge in [0.25, 0.3) is 0 Å². The fraction of sp³-hybridized carbons (Fsp3) is 0.0265. The minimum absolute atomic E-state index is 0.535. The van der Waals surface area contributed by atoms with E-state index in [-0.39, 0.29) is 0 Å². The molecule has 4 aliphatic rings. The van der Waals surface area contributed by atoms with Crippen LogP contribution in [0.25, 0.3) is 170 Å². The summed E-state index contributed by atoms with van der Waals surface area (Å²) in [5.74, 6) is 7.58. The molecule has 2 aliphatic heterocycles. The number of ether oxygens (including phenoxy) is 2. The van der Waals surface area contributed by atoms with Crippen molar-refractivity contribution < 1.29 is 9.47 Å². The van der Waals surface area contributed by atoms with Crippen molar-refractivity contribution >= 4 is 0 Å². The first-order chi connectivity index (χ1) is 61.8. The number of aromatic nitrogens is 10. The maximum atomic E-state index is 7.20. The van der Waals surface area contributed by atoms with Crippen LogP contribution in [0, 0.1) is 6.92 Å². The van der Waals surface area contributed by atoms with Gasteiger partial charge in [-0.2, -0.15) is 0 Å². The first-order valence-corrected chi connectivity index (χ1v) is 42.0. The second kappa shape index (κ2) is 29.3. The Kier molecular flexibility index (Phi) is 17.0. The predicted octanol–water partition coefficient (Wildman–Crippen LogP) is 26.6. The summed E-state index contributed by atoms with van der Waals surface area (Å²) in [5.41, 5.74) is 28.6. The van der Waals surface area contributed by atoms with E-state index >= 15 is 0 Å². The van der Waals surface area contributed by atoms with Gasteiger partial charge in [-0.25, -0.2) is 49.8 Å². The lowest BCUT2D eigenvalue weighted by Gasteiger charge is -2.39. The van der Waals surface area contributed by atoms with Gasteiger partial charge in [-0.05, 0) is 111 Å². The summed E-state index contributed by atoms with van der Waals surface area (Å²) >= 11 is 0. The molecule has 2 aliphatic carbocycles. The second-order valence-corrected chi connectivity index (χ2v) is 32.1. The molecule has 0 saturated heterocycles. The van der Waals surface area contributed by atoms with Crippen molar-refractivity contribution in [3.63, 3.8) is 0 Å². The SMILES string of the molecule is Cc1ccc2c(c1)C1(c3ccccc3Oc3cc(-c4nc(-c5ccccc5)nc(-c5ccccc5)n4)ccc31)c1cccc(-c3nc(-c4ccccc4)nc(-c4cccc(-c5ccc(-c6cc(-c7ccc8c(c7)Oc7ccccc7C87c8ccccc8-c8ccc(-c9cc(-c%10ccccc%10)nc(-c%10ccccc%10)n9)cc87)nc(-c7ccccc7)n6)cc5)c4)n3)c1-2. The normalized spacial score (nSPS) is 14.5. The van der Waals surface area contributed by atoms with E-state index in [1.165, 1.54) is 11.1 Å². The lowest BCUT2D eigenvalue weighted by molar-refractivity contribution is 0.436. The zero-order chi connectivity index (χ0) is 82.7. The van der Waals surface area contributed by atoms with Crippen molar-refractivity contribution in [2.24, 2.45) is 0 Å². The lowest BCUT2D eigenvalue weighted by atomic mass is 9.65. The Morgan fingerprint density at radius 3 is 1.02 bits per heavy atom. The molecule has 2 spiro atoms. The van der Waals surface area contributed by atoms with Crippen LogP contribution < -0.4 is 9.47 Å². The quantitative estimate of drug-likeness (QED) is 0.108. The molecule has 0 saturated carbocycles. The largest absolute Gasteiger partial charge is 0.457 e. The van der Waals surface area contributed by atoms with Gasteiger partial charge >= 0.3 is 0 Å². The highest BCUT2D eigenvalue weighted by Crippen LogP contribution is 2.66. The molecular formula is C113H70N10O2. The monoisotopic (exact) mass is 1600 g/mol. The van der Waals surface area contributed by atoms with Crippen molar-refractivity contribution in [1.82, 2.24) is 49.8 Å². The summed E-state index contributed by atoms with van der Waals surface area (Å²) in [4.78, 5) is 53.0. The number of hydrogen-bond acceptors (Lipinski definition) is 12. The molecular weight excluding hydrogens is 1530 g/mol. The van der Waals surface area contributed by atoms with Crippen LogP contribution in [-0.4, -0.2) is 49.8 Å². The summed E-state index contributed by atoms with van der Waals surface area (Å²) < 4.78 is 14.3. The fourth-order valence-electron chi connectivity index (χ4n) is 19.1. The van der Waals surface area contributed by atoms with E-state index in [0.717, 1.165) is 179 Å². The second-order valence-electron chi connectivity index (χ2n) is 32.1. The maximum Gasteiger partial charge on any atom is 0.164 e. The van der Waals surface area contributed by atoms with Gasteiger partial charge in [-0.1, -0.05) is 363 Å². The Hall–Kier alpha value is -16.7. The minimum atomic E-state index is -0.841. The predicted molar refractivity (Wildman–Crippen MR) is 495 cm³/mol. The van der Waals surface area contributed by atoms with Gasteiger partial charge in [0.05, 0.1) is 33.6 Å². The van der Waals surface area contributed by atoms with E-state index in [1.54, 1.807) is 0 Å². The number of aryl methyl sites for hydroxylation is 1. The molecule has 0 amide bonds. The zero-order valence-corrected chi connectivity index (χ0v) is 67.5. The third kappa shape index (κ3) is 12.0. The lowest BCUT2D eigenvalue weighted by Crippen LogP contribution is -2.32. The van der Waals surface area contributed by atoms with E-state index in [2.05, 4.69) is 286 Å². The first-order valence-electron chi connectivity index (χ1n) is 42.0. The van der Waals surface area contributed by atoms with Gasteiger partial charge in [-0.15, -0.1) is 0 Å². The van der Waals surface area contributed by atoms with Crippen molar-refractivity contribution in [1.29, 1.82) is 0 Å². The smallest absolute Gasteiger partial charge is 0.164 e. The number of benzene rings is 16. The minimum Gasteiger partial charge on any atom is -0.457 e. The Bertz CT molecular complexity index is 7620. The van der Waals surface area contributed by atoms with Crippen LogP contribution in [0.3, 0.4) is 0 Å².